The number of nitrogens with zero attached hydrogens (tertiary/aromatic N) is 1. The standard InChI is InChI=1S/C14H19F2NO2/c1-4-17(9(2)8-13(18)19)10(3)11-6-5-7-12(15)14(11)16/h5-7,9-10H,4,8H2,1-3H3,(H,18,19). The van der Waals surface area contributed by atoms with Crippen molar-refractivity contribution in [3.63, 3.8) is 0 Å². The fourth-order valence-corrected chi connectivity index (χ4v) is 2.36. The fraction of sp³-hybridized carbons (Fsp3) is 0.500. The van der Waals surface area contributed by atoms with Gasteiger partial charge in [0.25, 0.3) is 0 Å². The summed E-state index contributed by atoms with van der Waals surface area (Å²) in [5.41, 5.74) is 0.249. The normalized spacial score (nSPS) is 14.4. The summed E-state index contributed by atoms with van der Waals surface area (Å²) in [4.78, 5) is 12.6. The first-order chi connectivity index (χ1) is 8.88. The van der Waals surface area contributed by atoms with E-state index in [2.05, 4.69) is 0 Å². The SMILES string of the molecule is CCN(C(C)CC(=O)O)C(C)c1cccc(F)c1F. The van der Waals surface area contributed by atoms with E-state index in [9.17, 15) is 13.6 Å². The monoisotopic (exact) mass is 271 g/mol. The second kappa shape index (κ2) is 6.61. The van der Waals surface area contributed by atoms with Crippen LogP contribution in [-0.4, -0.2) is 28.6 Å². The molecule has 0 aliphatic carbocycles. The van der Waals surface area contributed by atoms with Crippen molar-refractivity contribution in [2.45, 2.75) is 39.3 Å². The van der Waals surface area contributed by atoms with Crippen molar-refractivity contribution in [1.29, 1.82) is 0 Å². The quantitative estimate of drug-likeness (QED) is 0.863. The molecule has 2 atom stereocenters. The van der Waals surface area contributed by atoms with E-state index in [4.69, 9.17) is 5.11 Å². The molecule has 0 saturated heterocycles. The van der Waals surface area contributed by atoms with Gasteiger partial charge in [0, 0.05) is 17.6 Å². The Morgan fingerprint density at radius 3 is 2.53 bits per heavy atom. The van der Waals surface area contributed by atoms with Crippen LogP contribution in [0.1, 0.15) is 38.8 Å². The average Bonchev–Trinajstić information content (AvgIpc) is 2.32. The molecule has 1 rings (SSSR count). The van der Waals surface area contributed by atoms with Gasteiger partial charge in [-0.1, -0.05) is 19.1 Å². The molecule has 3 nitrogen and oxygen atoms in total. The Labute approximate surface area is 111 Å². The molecule has 0 amide bonds. The number of halogens is 2. The van der Waals surface area contributed by atoms with Gasteiger partial charge in [-0.25, -0.2) is 8.78 Å². The maximum Gasteiger partial charge on any atom is 0.304 e. The van der Waals surface area contributed by atoms with Crippen LogP contribution >= 0.6 is 0 Å². The Bertz CT molecular complexity index is 451. The lowest BCUT2D eigenvalue weighted by Gasteiger charge is -2.33. The first-order valence-corrected chi connectivity index (χ1v) is 6.29. The first-order valence-electron chi connectivity index (χ1n) is 6.29. The molecule has 2 unspecified atom stereocenters. The van der Waals surface area contributed by atoms with Crippen molar-refractivity contribution in [3.8, 4) is 0 Å². The lowest BCUT2D eigenvalue weighted by molar-refractivity contribution is -0.138. The molecule has 1 N–H and O–H groups in total. The van der Waals surface area contributed by atoms with Crippen LogP contribution < -0.4 is 0 Å². The Morgan fingerprint density at radius 1 is 1.37 bits per heavy atom. The van der Waals surface area contributed by atoms with Gasteiger partial charge in [-0.2, -0.15) is 0 Å². The highest BCUT2D eigenvalue weighted by molar-refractivity contribution is 5.67. The smallest absolute Gasteiger partial charge is 0.304 e. The summed E-state index contributed by atoms with van der Waals surface area (Å²) < 4.78 is 27.0. The molecule has 0 heterocycles. The zero-order valence-electron chi connectivity index (χ0n) is 11.4. The van der Waals surface area contributed by atoms with Crippen LogP contribution in [0.4, 0.5) is 8.78 Å². The molecule has 0 aliphatic rings. The van der Waals surface area contributed by atoms with Gasteiger partial charge in [-0.05, 0) is 26.5 Å². The van der Waals surface area contributed by atoms with Crippen molar-refractivity contribution in [2.24, 2.45) is 0 Å². The molecule has 0 bridgehead atoms. The second-order valence-corrected chi connectivity index (χ2v) is 4.60. The highest BCUT2D eigenvalue weighted by Gasteiger charge is 2.24. The molecule has 1 aromatic rings. The number of hydrogen-bond donors (Lipinski definition) is 1. The maximum absolute atomic E-state index is 13.8. The lowest BCUT2D eigenvalue weighted by Crippen LogP contribution is -2.37. The zero-order valence-corrected chi connectivity index (χ0v) is 11.4. The van der Waals surface area contributed by atoms with E-state index in [1.807, 2.05) is 11.8 Å². The fourth-order valence-electron chi connectivity index (χ4n) is 2.36. The summed E-state index contributed by atoms with van der Waals surface area (Å²) in [6, 6.07) is 3.43. The van der Waals surface area contributed by atoms with Crippen molar-refractivity contribution in [2.75, 3.05) is 6.54 Å². The van der Waals surface area contributed by atoms with Gasteiger partial charge in [0.2, 0.25) is 0 Å². The average molecular weight is 271 g/mol. The van der Waals surface area contributed by atoms with Crippen LogP contribution in [0.3, 0.4) is 0 Å². The van der Waals surface area contributed by atoms with Crippen LogP contribution in [0.15, 0.2) is 18.2 Å². The van der Waals surface area contributed by atoms with Gasteiger partial charge in [0.15, 0.2) is 11.6 Å². The highest BCUT2D eigenvalue weighted by atomic mass is 19.2. The zero-order chi connectivity index (χ0) is 14.6. The number of aliphatic carboxylic acids is 1. The molecular formula is C14H19F2NO2. The van der Waals surface area contributed by atoms with E-state index in [1.54, 1.807) is 13.8 Å². The maximum atomic E-state index is 13.8. The number of carboxylic acids is 1. The van der Waals surface area contributed by atoms with E-state index in [-0.39, 0.29) is 24.1 Å². The predicted octanol–water partition coefficient (Wildman–Crippen LogP) is 3.21. The van der Waals surface area contributed by atoms with Gasteiger partial charge in [-0.3, -0.25) is 9.69 Å². The van der Waals surface area contributed by atoms with Crippen molar-refractivity contribution < 1.29 is 18.7 Å². The number of hydrogen-bond acceptors (Lipinski definition) is 2. The third kappa shape index (κ3) is 3.73. The summed E-state index contributed by atoms with van der Waals surface area (Å²) in [6.45, 7) is 5.95. The number of carboxylic acid groups (broad SMARTS) is 1. The van der Waals surface area contributed by atoms with Crippen LogP contribution in [-0.2, 0) is 4.79 Å². The Kier molecular flexibility index (Phi) is 5.42. The molecule has 0 saturated carbocycles. The van der Waals surface area contributed by atoms with Crippen molar-refractivity contribution in [3.05, 3.63) is 35.4 Å². The van der Waals surface area contributed by atoms with E-state index in [0.29, 0.717) is 6.54 Å². The molecule has 106 valence electrons. The molecule has 1 aromatic carbocycles. The molecule has 0 aliphatic heterocycles. The molecule has 0 aromatic heterocycles. The Hall–Kier alpha value is -1.49. The van der Waals surface area contributed by atoms with Gasteiger partial charge < -0.3 is 5.11 Å². The predicted molar refractivity (Wildman–Crippen MR) is 68.9 cm³/mol. The Morgan fingerprint density at radius 2 is 2.00 bits per heavy atom. The van der Waals surface area contributed by atoms with E-state index >= 15 is 0 Å². The van der Waals surface area contributed by atoms with E-state index in [1.165, 1.54) is 12.1 Å². The summed E-state index contributed by atoms with van der Waals surface area (Å²) in [6.07, 6.45) is -0.0326. The van der Waals surface area contributed by atoms with Crippen molar-refractivity contribution in [1.82, 2.24) is 4.90 Å². The highest BCUT2D eigenvalue weighted by Crippen LogP contribution is 2.26. The van der Waals surface area contributed by atoms with Gasteiger partial charge >= 0.3 is 5.97 Å². The molecule has 19 heavy (non-hydrogen) atoms. The number of benzene rings is 1. The number of carbonyl (C=O) groups is 1. The largest absolute Gasteiger partial charge is 0.481 e. The van der Waals surface area contributed by atoms with E-state index < -0.39 is 17.6 Å². The van der Waals surface area contributed by atoms with Crippen LogP contribution in [0.25, 0.3) is 0 Å². The van der Waals surface area contributed by atoms with Crippen molar-refractivity contribution >= 4 is 5.97 Å². The van der Waals surface area contributed by atoms with Gasteiger partial charge in [0.1, 0.15) is 0 Å². The van der Waals surface area contributed by atoms with E-state index in [0.717, 1.165) is 6.07 Å². The minimum atomic E-state index is -0.905. The Balaban J connectivity index is 2.98. The van der Waals surface area contributed by atoms with Crippen LogP contribution in [0.2, 0.25) is 0 Å². The number of rotatable bonds is 6. The summed E-state index contributed by atoms with van der Waals surface area (Å²) in [5.74, 6) is -2.65. The lowest BCUT2D eigenvalue weighted by atomic mass is 10.0. The topological polar surface area (TPSA) is 40.5 Å². The molecule has 0 spiro atoms. The van der Waals surface area contributed by atoms with Gasteiger partial charge in [-0.15, -0.1) is 0 Å². The van der Waals surface area contributed by atoms with Gasteiger partial charge in [0.05, 0.1) is 6.42 Å². The van der Waals surface area contributed by atoms with Crippen LogP contribution in [0, 0.1) is 11.6 Å². The third-order valence-corrected chi connectivity index (χ3v) is 3.33. The minimum Gasteiger partial charge on any atom is -0.481 e. The summed E-state index contributed by atoms with van der Waals surface area (Å²) in [7, 11) is 0. The molecule has 5 heteroatoms. The third-order valence-electron chi connectivity index (χ3n) is 3.33. The summed E-state index contributed by atoms with van der Waals surface area (Å²) in [5, 5.41) is 8.82. The summed E-state index contributed by atoms with van der Waals surface area (Å²) >= 11 is 0. The van der Waals surface area contributed by atoms with Crippen LogP contribution in [0.5, 0.6) is 0 Å². The second-order valence-electron chi connectivity index (χ2n) is 4.60. The molecule has 0 radical (unpaired) electrons. The first kappa shape index (κ1) is 15.6. The minimum absolute atomic E-state index is 0.0326. The molecular weight excluding hydrogens is 252 g/mol. The molecule has 0 fully saturated rings.